The normalized spacial score (nSPS) is 12.1. The number of hydrogen-bond acceptors (Lipinski definition) is 3. The lowest BCUT2D eigenvalue weighted by Crippen LogP contribution is -2.02. The van der Waals surface area contributed by atoms with Crippen LogP contribution < -0.4 is 4.74 Å². The minimum atomic E-state index is -0.849. The average Bonchev–Trinajstić information content (AvgIpc) is 2.16. The van der Waals surface area contributed by atoms with Gasteiger partial charge in [0.1, 0.15) is 0 Å². The van der Waals surface area contributed by atoms with Gasteiger partial charge in [-0.15, -0.1) is 0 Å². The smallest absolute Gasteiger partial charge is 0.303 e. The average molecular weight is 210 g/mol. The molecule has 15 heavy (non-hydrogen) atoms. The molecular weight excluding hydrogens is 196 g/mol. The maximum Gasteiger partial charge on any atom is 0.303 e. The van der Waals surface area contributed by atoms with Crippen LogP contribution in [0.2, 0.25) is 0 Å². The lowest BCUT2D eigenvalue weighted by Gasteiger charge is -2.11. The van der Waals surface area contributed by atoms with Gasteiger partial charge < -0.3 is 14.9 Å². The third-order valence-electron chi connectivity index (χ3n) is 2.25. The number of aromatic hydroxyl groups is 1. The number of carbonyl (C=O) groups is 1. The molecule has 1 unspecified atom stereocenters. The third-order valence-corrected chi connectivity index (χ3v) is 2.25. The predicted molar refractivity (Wildman–Crippen MR) is 55.3 cm³/mol. The summed E-state index contributed by atoms with van der Waals surface area (Å²) in [5.41, 5.74) is 0.788. The number of aliphatic carboxylic acids is 1. The van der Waals surface area contributed by atoms with Gasteiger partial charge in [-0.2, -0.15) is 0 Å². The van der Waals surface area contributed by atoms with E-state index in [4.69, 9.17) is 9.84 Å². The number of benzene rings is 1. The summed E-state index contributed by atoms with van der Waals surface area (Å²) in [5, 5.41) is 18.1. The van der Waals surface area contributed by atoms with Gasteiger partial charge >= 0.3 is 5.97 Å². The van der Waals surface area contributed by atoms with Crippen LogP contribution in [0.3, 0.4) is 0 Å². The first-order chi connectivity index (χ1) is 7.04. The number of phenols is 1. The molecular formula is C11H14O4. The molecule has 82 valence electrons. The van der Waals surface area contributed by atoms with Gasteiger partial charge in [-0.05, 0) is 23.6 Å². The molecule has 0 aliphatic carbocycles. The topological polar surface area (TPSA) is 66.8 Å². The van der Waals surface area contributed by atoms with Gasteiger partial charge in [0.15, 0.2) is 11.5 Å². The lowest BCUT2D eigenvalue weighted by molar-refractivity contribution is -0.137. The minimum absolute atomic E-state index is 0.0345. The number of hydrogen-bond donors (Lipinski definition) is 2. The molecule has 0 radical (unpaired) electrons. The molecule has 0 heterocycles. The number of carboxylic acid groups (broad SMARTS) is 1. The van der Waals surface area contributed by atoms with Crippen molar-refractivity contribution in [2.75, 3.05) is 7.11 Å². The highest BCUT2D eigenvalue weighted by Crippen LogP contribution is 2.30. The Labute approximate surface area is 88.1 Å². The summed E-state index contributed by atoms with van der Waals surface area (Å²) in [6, 6.07) is 4.92. The van der Waals surface area contributed by atoms with Crippen LogP contribution >= 0.6 is 0 Å². The summed E-state index contributed by atoms with van der Waals surface area (Å²) in [7, 11) is 1.47. The van der Waals surface area contributed by atoms with Crippen LogP contribution in [0.5, 0.6) is 11.5 Å². The fraction of sp³-hybridized carbons (Fsp3) is 0.364. The van der Waals surface area contributed by atoms with Crippen molar-refractivity contribution in [1.82, 2.24) is 0 Å². The largest absolute Gasteiger partial charge is 0.504 e. The van der Waals surface area contributed by atoms with Gasteiger partial charge in [-0.1, -0.05) is 13.0 Å². The van der Waals surface area contributed by atoms with E-state index in [9.17, 15) is 9.90 Å². The first-order valence-corrected chi connectivity index (χ1v) is 4.63. The van der Waals surface area contributed by atoms with Crippen molar-refractivity contribution in [2.24, 2.45) is 0 Å². The Morgan fingerprint density at radius 3 is 2.67 bits per heavy atom. The van der Waals surface area contributed by atoms with E-state index in [0.717, 1.165) is 5.56 Å². The molecule has 1 rings (SSSR count). The number of phenolic OH excluding ortho intramolecular Hbond substituents is 1. The van der Waals surface area contributed by atoms with E-state index in [-0.39, 0.29) is 18.1 Å². The van der Waals surface area contributed by atoms with Crippen molar-refractivity contribution in [3.05, 3.63) is 23.8 Å². The van der Waals surface area contributed by atoms with Crippen LogP contribution in [-0.4, -0.2) is 23.3 Å². The summed E-state index contributed by atoms with van der Waals surface area (Å²) >= 11 is 0. The Hall–Kier alpha value is -1.71. The van der Waals surface area contributed by atoms with Crippen molar-refractivity contribution >= 4 is 5.97 Å². The van der Waals surface area contributed by atoms with Gasteiger partial charge in [-0.25, -0.2) is 0 Å². The summed E-state index contributed by atoms with van der Waals surface area (Å²) in [4.78, 5) is 10.5. The molecule has 0 amide bonds. The highest BCUT2D eigenvalue weighted by Gasteiger charge is 2.12. The van der Waals surface area contributed by atoms with Gasteiger partial charge in [-0.3, -0.25) is 4.79 Å². The predicted octanol–water partition coefficient (Wildman–Crippen LogP) is 1.98. The van der Waals surface area contributed by atoms with Crippen LogP contribution in [0.4, 0.5) is 0 Å². The van der Waals surface area contributed by atoms with Crippen molar-refractivity contribution in [2.45, 2.75) is 19.3 Å². The molecule has 1 aromatic rings. The Bertz CT molecular complexity index is 360. The SMILES string of the molecule is COc1ccc(C(C)CC(=O)O)cc1O. The molecule has 1 atom stereocenters. The Morgan fingerprint density at radius 1 is 1.53 bits per heavy atom. The molecule has 0 bridgehead atoms. The Kier molecular flexibility index (Phi) is 3.55. The van der Waals surface area contributed by atoms with E-state index >= 15 is 0 Å². The molecule has 0 saturated carbocycles. The van der Waals surface area contributed by atoms with E-state index in [1.807, 2.05) is 0 Å². The molecule has 0 spiro atoms. The van der Waals surface area contributed by atoms with Gasteiger partial charge in [0, 0.05) is 0 Å². The molecule has 0 saturated heterocycles. The van der Waals surface area contributed by atoms with Crippen LogP contribution in [-0.2, 0) is 4.79 Å². The Morgan fingerprint density at radius 2 is 2.20 bits per heavy atom. The molecule has 0 aliphatic rings. The minimum Gasteiger partial charge on any atom is -0.504 e. The number of ether oxygens (including phenoxy) is 1. The highest BCUT2D eigenvalue weighted by atomic mass is 16.5. The fourth-order valence-electron chi connectivity index (χ4n) is 1.39. The van der Waals surface area contributed by atoms with Gasteiger partial charge in [0.05, 0.1) is 13.5 Å². The second kappa shape index (κ2) is 4.68. The quantitative estimate of drug-likeness (QED) is 0.797. The van der Waals surface area contributed by atoms with E-state index in [2.05, 4.69) is 0 Å². The number of methoxy groups -OCH3 is 1. The van der Waals surface area contributed by atoms with Crippen molar-refractivity contribution in [1.29, 1.82) is 0 Å². The molecule has 0 fully saturated rings. The maximum absolute atomic E-state index is 10.5. The van der Waals surface area contributed by atoms with Crippen LogP contribution in [0.25, 0.3) is 0 Å². The van der Waals surface area contributed by atoms with Crippen molar-refractivity contribution in [3.8, 4) is 11.5 Å². The molecule has 0 aliphatic heterocycles. The Balaban J connectivity index is 2.87. The van der Waals surface area contributed by atoms with Gasteiger partial charge in [0.25, 0.3) is 0 Å². The van der Waals surface area contributed by atoms with E-state index in [0.29, 0.717) is 5.75 Å². The van der Waals surface area contributed by atoms with Gasteiger partial charge in [0.2, 0.25) is 0 Å². The first kappa shape index (κ1) is 11.4. The van der Waals surface area contributed by atoms with E-state index in [1.54, 1.807) is 19.1 Å². The highest BCUT2D eigenvalue weighted by molar-refractivity contribution is 5.68. The zero-order valence-corrected chi connectivity index (χ0v) is 8.73. The molecule has 4 heteroatoms. The summed E-state index contributed by atoms with van der Waals surface area (Å²) < 4.78 is 4.89. The van der Waals surface area contributed by atoms with Crippen molar-refractivity contribution < 1.29 is 19.7 Å². The zero-order chi connectivity index (χ0) is 11.4. The zero-order valence-electron chi connectivity index (χ0n) is 8.73. The molecule has 4 nitrogen and oxygen atoms in total. The number of rotatable bonds is 4. The number of carboxylic acids is 1. The van der Waals surface area contributed by atoms with Crippen LogP contribution in [0.1, 0.15) is 24.8 Å². The summed E-state index contributed by atoms with van der Waals surface area (Å²) in [6.07, 6.45) is 0.0474. The van der Waals surface area contributed by atoms with E-state index < -0.39 is 5.97 Å². The third kappa shape index (κ3) is 2.87. The maximum atomic E-state index is 10.5. The monoisotopic (exact) mass is 210 g/mol. The van der Waals surface area contributed by atoms with Crippen molar-refractivity contribution in [3.63, 3.8) is 0 Å². The van der Waals surface area contributed by atoms with E-state index in [1.165, 1.54) is 13.2 Å². The molecule has 2 N–H and O–H groups in total. The first-order valence-electron chi connectivity index (χ1n) is 4.63. The summed E-state index contributed by atoms with van der Waals surface area (Å²) in [5.74, 6) is -0.550. The lowest BCUT2D eigenvalue weighted by atomic mass is 9.97. The molecule has 1 aromatic carbocycles. The summed E-state index contributed by atoms with van der Waals surface area (Å²) in [6.45, 7) is 1.80. The second-order valence-electron chi connectivity index (χ2n) is 3.43. The molecule has 0 aromatic heterocycles. The standard InChI is InChI=1S/C11H14O4/c1-7(5-11(13)14)8-3-4-10(15-2)9(12)6-8/h3-4,6-7,12H,5H2,1-2H3,(H,13,14). The fourth-order valence-corrected chi connectivity index (χ4v) is 1.39. The second-order valence-corrected chi connectivity index (χ2v) is 3.43. The van der Waals surface area contributed by atoms with Crippen LogP contribution in [0, 0.1) is 0 Å². The van der Waals surface area contributed by atoms with Crippen LogP contribution in [0.15, 0.2) is 18.2 Å².